The lowest BCUT2D eigenvalue weighted by atomic mass is 10.0. The Bertz CT molecular complexity index is 722. The second-order valence-corrected chi connectivity index (χ2v) is 8.01. The normalized spacial score (nSPS) is 19.7. The first-order valence-corrected chi connectivity index (χ1v) is 9.91. The van der Waals surface area contributed by atoms with Crippen molar-refractivity contribution in [2.75, 3.05) is 20.3 Å². The molecule has 26 heavy (non-hydrogen) atoms. The molecule has 2 atom stereocenters. The van der Waals surface area contributed by atoms with E-state index in [1.807, 2.05) is 0 Å². The summed E-state index contributed by atoms with van der Waals surface area (Å²) in [6.07, 6.45) is 1.82. The molecule has 1 aliphatic heterocycles. The Labute approximate surface area is 153 Å². The van der Waals surface area contributed by atoms with Crippen LogP contribution >= 0.6 is 0 Å². The van der Waals surface area contributed by atoms with Crippen molar-refractivity contribution < 1.29 is 27.9 Å². The Morgan fingerprint density at radius 2 is 2.00 bits per heavy atom. The molecule has 0 radical (unpaired) electrons. The van der Waals surface area contributed by atoms with Crippen molar-refractivity contribution in [2.45, 2.75) is 42.7 Å². The summed E-state index contributed by atoms with van der Waals surface area (Å²) in [6, 6.07) is 5.89. The fourth-order valence-electron chi connectivity index (χ4n) is 2.94. The van der Waals surface area contributed by atoms with Crippen molar-refractivity contribution >= 4 is 21.9 Å². The van der Waals surface area contributed by atoms with Crippen LogP contribution in [0.4, 0.5) is 0 Å². The van der Waals surface area contributed by atoms with Crippen LogP contribution in [0.2, 0.25) is 0 Å². The molecule has 1 aromatic carbocycles. The van der Waals surface area contributed by atoms with Gasteiger partial charge in [0.25, 0.3) is 0 Å². The maximum absolute atomic E-state index is 12.9. The number of rotatable bonds is 8. The van der Waals surface area contributed by atoms with Gasteiger partial charge in [0.15, 0.2) is 0 Å². The number of carboxylic acid groups (broad SMARTS) is 1. The lowest BCUT2D eigenvalue weighted by molar-refractivity contribution is -0.143. The Morgan fingerprint density at radius 3 is 2.62 bits per heavy atom. The first-order valence-electron chi connectivity index (χ1n) is 8.47. The minimum atomic E-state index is -3.83. The first kappa shape index (κ1) is 20.3. The Morgan fingerprint density at radius 1 is 1.31 bits per heavy atom. The number of sulfonamides is 1. The number of nitrogens with zero attached hydrogens (tertiary/aromatic N) is 1. The van der Waals surface area contributed by atoms with E-state index < -0.39 is 34.0 Å². The number of piperidine rings is 1. The van der Waals surface area contributed by atoms with Crippen LogP contribution in [-0.2, 0) is 24.3 Å². The lowest BCUT2D eigenvalue weighted by Crippen LogP contribution is -2.55. The highest BCUT2D eigenvalue weighted by molar-refractivity contribution is 7.89. The molecule has 0 aromatic heterocycles. The summed E-state index contributed by atoms with van der Waals surface area (Å²) < 4.78 is 31.8. The molecule has 0 spiro atoms. The molecule has 0 aliphatic carbocycles. The van der Waals surface area contributed by atoms with Crippen molar-refractivity contribution in [2.24, 2.45) is 0 Å². The summed E-state index contributed by atoms with van der Waals surface area (Å²) in [4.78, 5) is 24.1. The Balaban J connectivity index is 2.20. The van der Waals surface area contributed by atoms with E-state index in [-0.39, 0.29) is 24.5 Å². The molecule has 1 heterocycles. The number of carboxylic acids is 1. The molecule has 1 aromatic rings. The van der Waals surface area contributed by atoms with E-state index in [2.05, 4.69) is 5.32 Å². The van der Waals surface area contributed by atoms with E-state index in [0.717, 1.165) is 0 Å². The van der Waals surface area contributed by atoms with Gasteiger partial charge >= 0.3 is 5.97 Å². The van der Waals surface area contributed by atoms with Crippen LogP contribution in [0.1, 0.15) is 25.7 Å². The second-order valence-electron chi connectivity index (χ2n) is 6.12. The van der Waals surface area contributed by atoms with Crippen molar-refractivity contribution in [3.63, 3.8) is 0 Å². The number of methoxy groups -OCH3 is 1. The highest BCUT2D eigenvalue weighted by Crippen LogP contribution is 2.25. The maximum Gasteiger partial charge on any atom is 0.326 e. The molecule has 1 aliphatic rings. The van der Waals surface area contributed by atoms with Gasteiger partial charge in [0, 0.05) is 26.7 Å². The van der Waals surface area contributed by atoms with Gasteiger partial charge in [-0.25, -0.2) is 13.2 Å². The van der Waals surface area contributed by atoms with Crippen molar-refractivity contribution in [3.8, 4) is 0 Å². The number of amides is 1. The molecule has 1 fully saturated rings. The molecular weight excluding hydrogens is 360 g/mol. The monoisotopic (exact) mass is 384 g/mol. The summed E-state index contributed by atoms with van der Waals surface area (Å²) in [5.41, 5.74) is 0. The average molecular weight is 384 g/mol. The number of carbonyl (C=O) groups is 2. The summed E-state index contributed by atoms with van der Waals surface area (Å²) >= 11 is 0. The van der Waals surface area contributed by atoms with Crippen LogP contribution in [0.15, 0.2) is 35.2 Å². The maximum atomic E-state index is 12.9. The second kappa shape index (κ2) is 9.11. The van der Waals surface area contributed by atoms with E-state index in [9.17, 15) is 23.1 Å². The summed E-state index contributed by atoms with van der Waals surface area (Å²) in [6.45, 7) is 0.402. The quantitative estimate of drug-likeness (QED) is 0.687. The minimum Gasteiger partial charge on any atom is -0.480 e. The van der Waals surface area contributed by atoms with Gasteiger partial charge in [0.1, 0.15) is 12.1 Å². The van der Waals surface area contributed by atoms with E-state index in [1.165, 1.54) is 23.5 Å². The molecule has 2 unspecified atom stereocenters. The predicted molar refractivity (Wildman–Crippen MR) is 94.0 cm³/mol. The summed E-state index contributed by atoms with van der Waals surface area (Å²) in [5, 5.41) is 11.7. The number of hydrogen-bond acceptors (Lipinski definition) is 5. The largest absolute Gasteiger partial charge is 0.480 e. The van der Waals surface area contributed by atoms with Gasteiger partial charge < -0.3 is 15.2 Å². The number of hydrogen-bond donors (Lipinski definition) is 2. The van der Waals surface area contributed by atoms with Gasteiger partial charge in [-0.05, 0) is 25.0 Å². The van der Waals surface area contributed by atoms with Crippen molar-refractivity contribution in [1.82, 2.24) is 9.62 Å². The van der Waals surface area contributed by atoms with Crippen LogP contribution in [0.25, 0.3) is 0 Å². The van der Waals surface area contributed by atoms with E-state index >= 15 is 0 Å². The van der Waals surface area contributed by atoms with Gasteiger partial charge in [0.2, 0.25) is 15.9 Å². The van der Waals surface area contributed by atoms with Crippen LogP contribution < -0.4 is 5.32 Å². The van der Waals surface area contributed by atoms with E-state index in [4.69, 9.17) is 4.74 Å². The van der Waals surface area contributed by atoms with Crippen LogP contribution in [-0.4, -0.2) is 62.1 Å². The van der Waals surface area contributed by atoms with Gasteiger partial charge in [-0.3, -0.25) is 4.79 Å². The third-order valence-electron chi connectivity index (χ3n) is 4.33. The van der Waals surface area contributed by atoms with Crippen molar-refractivity contribution in [1.29, 1.82) is 0 Å². The number of benzene rings is 1. The predicted octanol–water partition coefficient (Wildman–Crippen LogP) is 0.836. The topological polar surface area (TPSA) is 113 Å². The molecule has 0 bridgehead atoms. The molecule has 1 amide bonds. The highest BCUT2D eigenvalue weighted by Gasteiger charge is 2.38. The molecule has 9 heteroatoms. The minimum absolute atomic E-state index is 0.107. The van der Waals surface area contributed by atoms with Crippen LogP contribution in [0.5, 0.6) is 0 Å². The van der Waals surface area contributed by atoms with E-state index in [1.54, 1.807) is 18.2 Å². The molecule has 2 N–H and O–H groups in total. The van der Waals surface area contributed by atoms with Gasteiger partial charge in [-0.15, -0.1) is 0 Å². The smallest absolute Gasteiger partial charge is 0.326 e. The van der Waals surface area contributed by atoms with E-state index in [0.29, 0.717) is 19.3 Å². The number of nitrogens with one attached hydrogen (secondary N) is 1. The SMILES string of the molecule is COCCC(NC(=O)C1CCCCN1S(=O)(=O)c1ccccc1)C(=O)O. The third kappa shape index (κ3) is 4.80. The summed E-state index contributed by atoms with van der Waals surface area (Å²) in [5.74, 6) is -1.77. The standard InChI is InChI=1S/C17H24N2O6S/c1-25-12-10-14(17(21)22)18-16(20)15-9-5-6-11-19(15)26(23,24)13-7-3-2-4-8-13/h2-4,7-8,14-15H,5-6,9-12H2,1H3,(H,18,20)(H,21,22). The van der Waals surface area contributed by atoms with Gasteiger partial charge in [-0.2, -0.15) is 4.31 Å². The lowest BCUT2D eigenvalue weighted by Gasteiger charge is -2.34. The molecule has 1 saturated heterocycles. The third-order valence-corrected chi connectivity index (χ3v) is 6.25. The van der Waals surface area contributed by atoms with Crippen LogP contribution in [0.3, 0.4) is 0 Å². The molecular formula is C17H24N2O6S. The molecule has 8 nitrogen and oxygen atoms in total. The number of aliphatic carboxylic acids is 1. The zero-order chi connectivity index (χ0) is 19.2. The fourth-order valence-corrected chi connectivity index (χ4v) is 4.62. The van der Waals surface area contributed by atoms with Gasteiger partial charge in [0.05, 0.1) is 4.90 Å². The molecule has 0 saturated carbocycles. The van der Waals surface area contributed by atoms with Gasteiger partial charge in [-0.1, -0.05) is 24.6 Å². The van der Waals surface area contributed by atoms with Crippen LogP contribution in [0, 0.1) is 0 Å². The summed E-state index contributed by atoms with van der Waals surface area (Å²) in [7, 11) is -2.39. The molecule has 144 valence electrons. The Kier molecular flexibility index (Phi) is 7.13. The number of ether oxygens (including phenoxy) is 1. The highest BCUT2D eigenvalue weighted by atomic mass is 32.2. The average Bonchev–Trinajstić information content (AvgIpc) is 2.65. The fraction of sp³-hybridized carbons (Fsp3) is 0.529. The molecule has 2 rings (SSSR count). The number of carbonyl (C=O) groups excluding carboxylic acids is 1. The Hall–Kier alpha value is -1.97. The first-order chi connectivity index (χ1) is 12.4. The zero-order valence-electron chi connectivity index (χ0n) is 14.6. The van der Waals surface area contributed by atoms with Crippen molar-refractivity contribution in [3.05, 3.63) is 30.3 Å². The zero-order valence-corrected chi connectivity index (χ0v) is 15.4.